The van der Waals surface area contributed by atoms with Gasteiger partial charge in [-0.25, -0.2) is 14.6 Å². The molecule has 1 aromatic heterocycles. The number of aliphatic hydroxyl groups excluding tert-OH is 1. The number of rotatable bonds is 2. The van der Waals surface area contributed by atoms with E-state index in [1.165, 1.54) is 0 Å². The Morgan fingerprint density at radius 2 is 2.00 bits per heavy atom. The van der Waals surface area contributed by atoms with Crippen molar-refractivity contribution < 1.29 is 19.8 Å². The maximum atomic E-state index is 12.0. The Bertz CT molecular complexity index is 550. The van der Waals surface area contributed by atoms with E-state index >= 15 is 0 Å². The van der Waals surface area contributed by atoms with Gasteiger partial charge in [-0.05, 0) is 13.8 Å². The van der Waals surface area contributed by atoms with E-state index in [0.717, 1.165) is 4.90 Å². The lowest BCUT2D eigenvalue weighted by atomic mass is 10.2. The van der Waals surface area contributed by atoms with E-state index < -0.39 is 24.1 Å². The molecular weight excluding hydrogens is 266 g/mol. The van der Waals surface area contributed by atoms with E-state index in [2.05, 4.69) is 20.5 Å². The van der Waals surface area contributed by atoms with Crippen molar-refractivity contribution in [3.63, 3.8) is 0 Å². The van der Waals surface area contributed by atoms with Crippen LogP contribution in [0.2, 0.25) is 0 Å². The first-order valence-electron chi connectivity index (χ1n) is 6.05. The maximum absolute atomic E-state index is 12.0. The smallest absolute Gasteiger partial charge is 0.326 e. The SMILES string of the molecule is Cc1nnc(NC(=O)N2C[C@H](O)C[C@@H]2C(=O)O)nc1C. The van der Waals surface area contributed by atoms with Crippen molar-refractivity contribution in [3.05, 3.63) is 11.4 Å². The highest BCUT2D eigenvalue weighted by molar-refractivity contribution is 5.91. The van der Waals surface area contributed by atoms with E-state index in [1.54, 1.807) is 13.8 Å². The number of amides is 2. The Labute approximate surface area is 114 Å². The summed E-state index contributed by atoms with van der Waals surface area (Å²) in [5, 5.41) is 28.4. The molecule has 2 heterocycles. The number of urea groups is 1. The highest BCUT2D eigenvalue weighted by Crippen LogP contribution is 2.19. The lowest BCUT2D eigenvalue weighted by Gasteiger charge is -2.20. The second-order valence-corrected chi connectivity index (χ2v) is 4.63. The molecule has 3 N–H and O–H groups in total. The predicted molar refractivity (Wildman–Crippen MR) is 67.1 cm³/mol. The molecule has 0 saturated carbocycles. The first-order valence-corrected chi connectivity index (χ1v) is 6.05. The number of carboxylic acids is 1. The zero-order valence-corrected chi connectivity index (χ0v) is 11.1. The van der Waals surface area contributed by atoms with Crippen LogP contribution in [0.25, 0.3) is 0 Å². The quantitative estimate of drug-likeness (QED) is 0.669. The van der Waals surface area contributed by atoms with Gasteiger partial charge in [-0.3, -0.25) is 5.32 Å². The van der Waals surface area contributed by atoms with Crippen LogP contribution in [0, 0.1) is 13.8 Å². The van der Waals surface area contributed by atoms with Crippen LogP contribution in [0.3, 0.4) is 0 Å². The summed E-state index contributed by atoms with van der Waals surface area (Å²) >= 11 is 0. The largest absolute Gasteiger partial charge is 0.480 e. The van der Waals surface area contributed by atoms with Gasteiger partial charge < -0.3 is 15.1 Å². The fraction of sp³-hybridized carbons (Fsp3) is 0.545. The molecule has 108 valence electrons. The molecule has 0 aliphatic carbocycles. The molecule has 0 unspecified atom stereocenters. The second-order valence-electron chi connectivity index (χ2n) is 4.63. The number of carbonyl (C=O) groups excluding carboxylic acids is 1. The van der Waals surface area contributed by atoms with Gasteiger partial charge in [-0.1, -0.05) is 0 Å². The van der Waals surface area contributed by atoms with Crippen molar-refractivity contribution in [2.24, 2.45) is 0 Å². The number of hydrogen-bond acceptors (Lipinski definition) is 6. The van der Waals surface area contributed by atoms with Gasteiger partial charge in [0.2, 0.25) is 0 Å². The van der Waals surface area contributed by atoms with Crippen molar-refractivity contribution in [1.29, 1.82) is 0 Å². The van der Waals surface area contributed by atoms with Gasteiger partial charge in [0.25, 0.3) is 5.95 Å². The zero-order valence-electron chi connectivity index (χ0n) is 11.1. The van der Waals surface area contributed by atoms with Crippen LogP contribution in [0.4, 0.5) is 10.7 Å². The van der Waals surface area contributed by atoms with Crippen molar-refractivity contribution in [1.82, 2.24) is 20.1 Å². The number of aliphatic carboxylic acids is 1. The minimum Gasteiger partial charge on any atom is -0.480 e. The average molecular weight is 281 g/mol. The molecule has 0 bridgehead atoms. The summed E-state index contributed by atoms with van der Waals surface area (Å²) in [5.74, 6) is -1.15. The third-order valence-electron chi connectivity index (χ3n) is 3.14. The monoisotopic (exact) mass is 281 g/mol. The maximum Gasteiger partial charge on any atom is 0.326 e. The number of nitrogens with zero attached hydrogens (tertiary/aromatic N) is 4. The average Bonchev–Trinajstić information content (AvgIpc) is 2.76. The van der Waals surface area contributed by atoms with Crippen molar-refractivity contribution in [3.8, 4) is 0 Å². The van der Waals surface area contributed by atoms with Gasteiger partial charge in [-0.2, -0.15) is 5.10 Å². The van der Waals surface area contributed by atoms with Crippen molar-refractivity contribution >= 4 is 17.9 Å². The predicted octanol–water partition coefficient (Wildman–Crippen LogP) is -0.460. The zero-order chi connectivity index (χ0) is 14.9. The number of nitrogens with one attached hydrogen (secondary N) is 1. The third-order valence-corrected chi connectivity index (χ3v) is 3.14. The topological polar surface area (TPSA) is 129 Å². The van der Waals surface area contributed by atoms with E-state index in [-0.39, 0.29) is 18.9 Å². The first-order chi connectivity index (χ1) is 9.38. The summed E-state index contributed by atoms with van der Waals surface area (Å²) in [7, 11) is 0. The normalized spacial score (nSPS) is 21.9. The Hall–Kier alpha value is -2.29. The molecule has 2 amide bonds. The number of anilines is 1. The first kappa shape index (κ1) is 14.1. The van der Waals surface area contributed by atoms with Crippen LogP contribution < -0.4 is 5.32 Å². The highest BCUT2D eigenvalue weighted by atomic mass is 16.4. The molecule has 1 aliphatic rings. The molecular formula is C11H15N5O4. The van der Waals surface area contributed by atoms with Crippen molar-refractivity contribution in [2.75, 3.05) is 11.9 Å². The Morgan fingerprint density at radius 1 is 1.30 bits per heavy atom. The molecule has 0 aromatic carbocycles. The standard InChI is InChI=1S/C11H15N5O4/c1-5-6(2)14-15-10(12-5)13-11(20)16-4-7(17)3-8(16)9(18)19/h7-8,17H,3-4H2,1-2H3,(H,18,19)(H,12,13,15,20)/t7-,8-/m1/s1. The van der Waals surface area contributed by atoms with Gasteiger partial charge >= 0.3 is 12.0 Å². The van der Waals surface area contributed by atoms with Gasteiger partial charge in [0.1, 0.15) is 6.04 Å². The summed E-state index contributed by atoms with van der Waals surface area (Å²) in [4.78, 5) is 28.1. The molecule has 0 spiro atoms. The summed E-state index contributed by atoms with van der Waals surface area (Å²) in [5.41, 5.74) is 1.26. The van der Waals surface area contributed by atoms with Crippen LogP contribution in [-0.4, -0.2) is 61.0 Å². The molecule has 9 nitrogen and oxygen atoms in total. The van der Waals surface area contributed by atoms with E-state index in [0.29, 0.717) is 11.4 Å². The van der Waals surface area contributed by atoms with Gasteiger partial charge in [0.05, 0.1) is 17.5 Å². The summed E-state index contributed by atoms with van der Waals surface area (Å²) < 4.78 is 0. The fourth-order valence-electron chi connectivity index (χ4n) is 1.95. The summed E-state index contributed by atoms with van der Waals surface area (Å²) in [6.07, 6.45) is -0.838. The third kappa shape index (κ3) is 2.82. The number of aryl methyl sites for hydroxylation is 2. The molecule has 1 fully saturated rings. The fourth-order valence-corrected chi connectivity index (χ4v) is 1.95. The van der Waals surface area contributed by atoms with E-state index in [4.69, 9.17) is 5.11 Å². The van der Waals surface area contributed by atoms with E-state index in [1.807, 2.05) is 0 Å². The molecule has 2 rings (SSSR count). The molecule has 2 atom stereocenters. The molecule has 1 saturated heterocycles. The van der Waals surface area contributed by atoms with Crippen LogP contribution in [0.1, 0.15) is 17.8 Å². The second kappa shape index (κ2) is 5.37. The number of hydrogen-bond donors (Lipinski definition) is 3. The van der Waals surface area contributed by atoms with Gasteiger partial charge in [0, 0.05) is 13.0 Å². The minimum absolute atomic E-state index is 0.00336. The lowest BCUT2D eigenvalue weighted by Crippen LogP contribution is -2.43. The van der Waals surface area contributed by atoms with Crippen LogP contribution >= 0.6 is 0 Å². The van der Waals surface area contributed by atoms with Crippen LogP contribution in [0.5, 0.6) is 0 Å². The molecule has 20 heavy (non-hydrogen) atoms. The number of aliphatic hydroxyl groups is 1. The van der Waals surface area contributed by atoms with Crippen LogP contribution in [0.15, 0.2) is 0 Å². The van der Waals surface area contributed by atoms with Gasteiger partial charge in [-0.15, -0.1) is 5.10 Å². The number of likely N-dealkylation sites (tertiary alicyclic amines) is 1. The molecule has 1 aromatic rings. The Morgan fingerprint density at radius 3 is 2.60 bits per heavy atom. The number of carboxylic acid groups (broad SMARTS) is 1. The molecule has 0 radical (unpaired) electrons. The summed E-state index contributed by atoms with van der Waals surface area (Å²) in [6, 6.07) is -1.72. The molecule has 9 heteroatoms. The number of β-amino-alcohol motifs (C(OH)–C–C–N with tert-alkyl or cyclic N) is 1. The minimum atomic E-state index is -1.16. The van der Waals surface area contributed by atoms with E-state index in [9.17, 15) is 14.7 Å². The van der Waals surface area contributed by atoms with Crippen molar-refractivity contribution in [2.45, 2.75) is 32.4 Å². The lowest BCUT2D eigenvalue weighted by molar-refractivity contribution is -0.141. The molecule has 1 aliphatic heterocycles. The Balaban J connectivity index is 2.11. The highest BCUT2D eigenvalue weighted by Gasteiger charge is 2.39. The number of carbonyl (C=O) groups is 2. The summed E-state index contributed by atoms with van der Waals surface area (Å²) in [6.45, 7) is 3.42. The van der Waals surface area contributed by atoms with Gasteiger partial charge in [0.15, 0.2) is 0 Å². The van der Waals surface area contributed by atoms with Crippen LogP contribution in [-0.2, 0) is 4.79 Å². The number of aromatic nitrogens is 3. The Kier molecular flexibility index (Phi) is 3.79.